The molecule has 40 heavy (non-hydrogen) atoms. The number of carboxylic acids is 1. The molecule has 0 spiro atoms. The van der Waals surface area contributed by atoms with Crippen LogP contribution in [0.25, 0.3) is 0 Å². The summed E-state index contributed by atoms with van der Waals surface area (Å²) in [7, 11) is 0. The molecular formula is C34H53NO5. The average Bonchev–Trinajstić information content (AvgIpc) is 2.86. The van der Waals surface area contributed by atoms with Gasteiger partial charge in [0.1, 0.15) is 12.6 Å². The highest BCUT2D eigenvalue weighted by atomic mass is 16.5. The first-order chi connectivity index (χ1) is 18.5. The third kappa shape index (κ3) is 3.96. The summed E-state index contributed by atoms with van der Waals surface area (Å²) >= 11 is 0. The number of rotatable bonds is 4. The number of carbonyl (C=O) groups is 3. The smallest absolute Gasteiger partial charge is 0.322 e. The molecule has 0 radical (unpaired) electrons. The molecule has 0 aromatic carbocycles. The second kappa shape index (κ2) is 9.59. The van der Waals surface area contributed by atoms with Gasteiger partial charge in [0.05, 0.1) is 5.41 Å². The van der Waals surface area contributed by atoms with Crippen LogP contribution in [0.15, 0.2) is 11.6 Å². The third-order valence-corrected chi connectivity index (χ3v) is 14.1. The van der Waals surface area contributed by atoms with Crippen LogP contribution in [-0.4, -0.2) is 35.6 Å². The maximum atomic E-state index is 13.8. The van der Waals surface area contributed by atoms with E-state index in [1.807, 2.05) is 0 Å². The van der Waals surface area contributed by atoms with Crippen LogP contribution in [0.1, 0.15) is 113 Å². The van der Waals surface area contributed by atoms with E-state index in [1.165, 1.54) is 12.5 Å². The Kier molecular flexibility index (Phi) is 7.11. The monoisotopic (exact) mass is 555 g/mol. The lowest BCUT2D eigenvalue weighted by Gasteiger charge is -2.71. The fourth-order valence-electron chi connectivity index (χ4n) is 11.6. The zero-order chi connectivity index (χ0) is 29.5. The van der Waals surface area contributed by atoms with Crippen molar-refractivity contribution in [1.82, 2.24) is 5.32 Å². The van der Waals surface area contributed by atoms with E-state index in [0.29, 0.717) is 23.7 Å². The number of fused-ring (bicyclic) bond motifs is 7. The number of ether oxygens (including phenoxy) is 1. The van der Waals surface area contributed by atoms with E-state index in [1.54, 1.807) is 0 Å². The second-order valence-corrected chi connectivity index (χ2v) is 15.8. The molecule has 0 unspecified atom stereocenters. The maximum Gasteiger partial charge on any atom is 0.322 e. The summed E-state index contributed by atoms with van der Waals surface area (Å²) in [4.78, 5) is 37.1. The molecule has 4 saturated carbocycles. The van der Waals surface area contributed by atoms with Gasteiger partial charge in [-0.05, 0) is 104 Å². The zero-order valence-corrected chi connectivity index (χ0v) is 26.2. The minimum Gasteiger partial charge on any atom is -0.480 e. The van der Waals surface area contributed by atoms with Crippen molar-refractivity contribution in [1.29, 1.82) is 0 Å². The number of carboxylic acid groups (broad SMARTS) is 1. The number of amides is 1. The van der Waals surface area contributed by atoms with Crippen LogP contribution in [0.4, 0.5) is 0 Å². The van der Waals surface area contributed by atoms with E-state index in [-0.39, 0.29) is 52.1 Å². The molecular weight excluding hydrogens is 502 g/mol. The summed E-state index contributed by atoms with van der Waals surface area (Å²) in [5.74, 6) is 0.891. The normalized spacial score (nSPS) is 47.4. The average molecular weight is 556 g/mol. The van der Waals surface area contributed by atoms with Crippen LogP contribution in [-0.2, 0) is 19.1 Å². The molecule has 0 saturated heterocycles. The molecule has 2 N–H and O–H groups in total. The van der Waals surface area contributed by atoms with Gasteiger partial charge in [0.25, 0.3) is 0 Å². The Balaban J connectivity index is 1.54. The number of carbonyl (C=O) groups excluding carboxylic acids is 2. The van der Waals surface area contributed by atoms with E-state index >= 15 is 0 Å². The number of aliphatic carboxylic acids is 1. The fraction of sp³-hybridized carbons (Fsp3) is 0.853. The molecule has 224 valence electrons. The van der Waals surface area contributed by atoms with Crippen molar-refractivity contribution in [2.45, 2.75) is 119 Å². The summed E-state index contributed by atoms with van der Waals surface area (Å²) in [6.07, 6.45) is 11.5. The quantitative estimate of drug-likeness (QED) is 0.295. The standard InChI is InChI=1S/C34H53NO5/c1-20-11-16-34(29(39)35-19-27(37)38)18-17-32(7)23(28(34)21(20)2)9-10-25-31(6)14-13-26(40-22(3)36)30(4,5)24(31)12-15-33(25,32)8/h9,20-21,24-26,28H,10-19H2,1-8H3,(H,35,39)(H,37,38)/t20-,21+,24+,25-,26+,28+,31+,32-,33-,34+/m1/s1. The minimum absolute atomic E-state index is 0.00728. The van der Waals surface area contributed by atoms with Gasteiger partial charge in [0.15, 0.2) is 0 Å². The minimum atomic E-state index is -0.984. The van der Waals surface area contributed by atoms with Gasteiger partial charge in [-0.15, -0.1) is 0 Å². The lowest BCUT2D eigenvalue weighted by Crippen LogP contribution is -2.66. The van der Waals surface area contributed by atoms with Gasteiger partial charge in [0.2, 0.25) is 5.91 Å². The Morgan fingerprint density at radius 2 is 1.65 bits per heavy atom. The molecule has 5 rings (SSSR count). The van der Waals surface area contributed by atoms with Crippen LogP contribution in [0, 0.1) is 56.7 Å². The van der Waals surface area contributed by atoms with Gasteiger partial charge in [-0.1, -0.05) is 60.1 Å². The topological polar surface area (TPSA) is 92.7 Å². The summed E-state index contributed by atoms with van der Waals surface area (Å²) in [6, 6.07) is 0. The van der Waals surface area contributed by atoms with Crippen LogP contribution in [0.3, 0.4) is 0 Å². The molecule has 4 fully saturated rings. The molecule has 6 heteroatoms. The number of hydrogen-bond donors (Lipinski definition) is 2. The SMILES string of the molecule is CC(=O)O[C@H]1CC[C@]2(C)[C@H]3CC=C4[C@@H]5[C@@H](C)[C@H](C)CC[C@]5(C(=O)NCC(=O)O)CC[C@@]4(C)[C@]3(C)CC[C@H]2C1(C)C. The largest absolute Gasteiger partial charge is 0.480 e. The van der Waals surface area contributed by atoms with Crippen molar-refractivity contribution in [3.63, 3.8) is 0 Å². The summed E-state index contributed by atoms with van der Waals surface area (Å²) in [5.41, 5.74) is 1.21. The molecule has 0 heterocycles. The molecule has 5 aliphatic carbocycles. The van der Waals surface area contributed by atoms with Gasteiger partial charge >= 0.3 is 11.9 Å². The number of hydrogen-bond acceptors (Lipinski definition) is 4. The predicted octanol–water partition coefficient (Wildman–Crippen LogP) is 6.78. The van der Waals surface area contributed by atoms with Crippen LogP contribution in [0.2, 0.25) is 0 Å². The molecule has 10 atom stereocenters. The maximum absolute atomic E-state index is 13.8. The van der Waals surface area contributed by atoms with Gasteiger partial charge in [0, 0.05) is 12.3 Å². The van der Waals surface area contributed by atoms with Crippen LogP contribution >= 0.6 is 0 Å². The van der Waals surface area contributed by atoms with E-state index in [2.05, 4.69) is 59.9 Å². The highest BCUT2D eigenvalue weighted by Crippen LogP contribution is 2.75. The highest BCUT2D eigenvalue weighted by Gasteiger charge is 2.69. The molecule has 0 aliphatic heterocycles. The predicted molar refractivity (Wildman–Crippen MR) is 155 cm³/mol. The first-order valence-corrected chi connectivity index (χ1v) is 15.9. The Bertz CT molecular complexity index is 1110. The Labute approximate surface area is 241 Å². The number of nitrogens with one attached hydrogen (secondary N) is 1. The first kappa shape index (κ1) is 29.6. The van der Waals surface area contributed by atoms with Crippen LogP contribution < -0.4 is 5.32 Å². The number of allylic oxidation sites excluding steroid dienone is 2. The van der Waals surface area contributed by atoms with E-state index in [9.17, 15) is 19.5 Å². The molecule has 0 aromatic heterocycles. The molecule has 5 aliphatic rings. The lowest BCUT2D eigenvalue weighted by atomic mass is 9.33. The summed E-state index contributed by atoms with van der Waals surface area (Å²) < 4.78 is 5.89. The first-order valence-electron chi connectivity index (χ1n) is 15.9. The van der Waals surface area contributed by atoms with Gasteiger partial charge in [-0.2, -0.15) is 0 Å². The number of esters is 1. The van der Waals surface area contributed by atoms with Crippen molar-refractivity contribution < 1.29 is 24.2 Å². The van der Waals surface area contributed by atoms with Gasteiger partial charge in [-0.25, -0.2) is 0 Å². The zero-order valence-electron chi connectivity index (χ0n) is 26.2. The summed E-state index contributed by atoms with van der Waals surface area (Å²) in [5, 5.41) is 12.1. The van der Waals surface area contributed by atoms with Crippen LogP contribution in [0.5, 0.6) is 0 Å². The fourth-order valence-corrected chi connectivity index (χ4v) is 11.6. The van der Waals surface area contributed by atoms with Crippen molar-refractivity contribution in [2.75, 3.05) is 6.54 Å². The van der Waals surface area contributed by atoms with E-state index < -0.39 is 11.4 Å². The van der Waals surface area contributed by atoms with Crippen molar-refractivity contribution >= 4 is 17.8 Å². The molecule has 1 amide bonds. The van der Waals surface area contributed by atoms with Crippen molar-refractivity contribution in [3.8, 4) is 0 Å². The van der Waals surface area contributed by atoms with Gasteiger partial charge in [-0.3, -0.25) is 14.4 Å². The summed E-state index contributed by atoms with van der Waals surface area (Å²) in [6.45, 7) is 18.2. The van der Waals surface area contributed by atoms with E-state index in [0.717, 1.165) is 57.8 Å². The van der Waals surface area contributed by atoms with Crippen molar-refractivity contribution in [2.24, 2.45) is 56.7 Å². The van der Waals surface area contributed by atoms with Gasteiger partial charge < -0.3 is 15.2 Å². The molecule has 0 bridgehead atoms. The molecule has 6 nitrogen and oxygen atoms in total. The Morgan fingerprint density at radius 1 is 0.950 bits per heavy atom. The highest BCUT2D eigenvalue weighted by molar-refractivity contribution is 5.87. The lowest BCUT2D eigenvalue weighted by molar-refractivity contribution is -0.212. The van der Waals surface area contributed by atoms with E-state index in [4.69, 9.17) is 4.74 Å². The van der Waals surface area contributed by atoms with Crippen molar-refractivity contribution in [3.05, 3.63) is 11.6 Å². The third-order valence-electron chi connectivity index (χ3n) is 14.1. The Morgan fingerprint density at radius 3 is 2.30 bits per heavy atom. The molecule has 0 aromatic rings. The second-order valence-electron chi connectivity index (χ2n) is 15.8. The Hall–Kier alpha value is -1.85.